The van der Waals surface area contributed by atoms with Gasteiger partial charge >= 0.3 is 0 Å². The standard InChI is InChI=1S/C35H32N6OS3/c1-25-10-8-15-28(22-25)41-33(30-16-9-21-43-30)37-38-35(41)45-24-31-36-29(23-44-31)34(42)40-19-17-39(18-20-40)32(26-11-4-2-5-12-26)27-13-6-3-7-14-27/h2-16,21-23,32H,17-20,24H2,1H3. The molecule has 7 nitrogen and oxygen atoms in total. The molecule has 0 radical (unpaired) electrons. The molecule has 7 rings (SSSR count). The minimum absolute atomic E-state index is 0.000955. The summed E-state index contributed by atoms with van der Waals surface area (Å²) in [6, 6.07) is 33.9. The van der Waals surface area contributed by atoms with Crippen LogP contribution in [0.1, 0.15) is 38.2 Å². The minimum Gasteiger partial charge on any atom is -0.335 e. The lowest BCUT2D eigenvalue weighted by Gasteiger charge is -2.39. The number of hydrogen-bond acceptors (Lipinski definition) is 8. The molecule has 3 aromatic carbocycles. The molecular formula is C35H32N6OS3. The van der Waals surface area contributed by atoms with Gasteiger partial charge in [-0.1, -0.05) is 90.6 Å². The summed E-state index contributed by atoms with van der Waals surface area (Å²) >= 11 is 4.76. The van der Waals surface area contributed by atoms with E-state index in [4.69, 9.17) is 4.98 Å². The second kappa shape index (κ2) is 13.5. The number of rotatable bonds is 9. The second-order valence-corrected chi connectivity index (χ2v) is 13.8. The van der Waals surface area contributed by atoms with Crippen molar-refractivity contribution in [3.05, 3.63) is 135 Å². The number of benzene rings is 3. The SMILES string of the molecule is Cc1cccc(-n2c(SCc3nc(C(=O)N4CCN(C(c5ccccc5)c5ccccc5)CC4)cs3)nnc2-c2cccs2)c1. The zero-order valence-electron chi connectivity index (χ0n) is 24.8. The third kappa shape index (κ3) is 6.50. The Balaban J connectivity index is 1.02. The van der Waals surface area contributed by atoms with Gasteiger partial charge < -0.3 is 4.90 Å². The number of thioether (sulfide) groups is 1. The van der Waals surface area contributed by atoms with E-state index in [9.17, 15) is 4.79 Å². The molecule has 10 heteroatoms. The molecule has 1 fully saturated rings. The van der Waals surface area contributed by atoms with E-state index in [1.54, 1.807) is 23.1 Å². The highest BCUT2D eigenvalue weighted by Gasteiger charge is 2.29. The van der Waals surface area contributed by atoms with Crippen molar-refractivity contribution in [3.8, 4) is 16.4 Å². The van der Waals surface area contributed by atoms with Crippen LogP contribution < -0.4 is 0 Å². The lowest BCUT2D eigenvalue weighted by Crippen LogP contribution is -2.50. The van der Waals surface area contributed by atoms with Gasteiger partial charge in [0.05, 0.1) is 22.4 Å². The van der Waals surface area contributed by atoms with E-state index in [0.29, 0.717) is 24.5 Å². The fourth-order valence-corrected chi connectivity index (χ4v) is 8.20. The van der Waals surface area contributed by atoms with Crippen LogP contribution in [-0.4, -0.2) is 61.6 Å². The van der Waals surface area contributed by atoms with Gasteiger partial charge in [-0.2, -0.15) is 0 Å². The Labute approximate surface area is 275 Å². The molecule has 3 aromatic heterocycles. The van der Waals surface area contributed by atoms with Gasteiger partial charge in [-0.25, -0.2) is 4.98 Å². The number of nitrogens with zero attached hydrogens (tertiary/aromatic N) is 6. The van der Waals surface area contributed by atoms with Crippen LogP contribution in [0.4, 0.5) is 0 Å². The lowest BCUT2D eigenvalue weighted by molar-refractivity contribution is 0.0592. The summed E-state index contributed by atoms with van der Waals surface area (Å²) in [6.07, 6.45) is 0. The molecule has 1 amide bonds. The summed E-state index contributed by atoms with van der Waals surface area (Å²) in [5.41, 5.74) is 5.26. The number of thiazole rings is 1. The van der Waals surface area contributed by atoms with E-state index >= 15 is 0 Å². The number of hydrogen-bond donors (Lipinski definition) is 0. The van der Waals surface area contributed by atoms with Gasteiger partial charge in [0, 0.05) is 31.6 Å². The molecular weight excluding hydrogens is 617 g/mol. The van der Waals surface area contributed by atoms with Crippen LogP contribution in [-0.2, 0) is 5.75 Å². The summed E-state index contributed by atoms with van der Waals surface area (Å²) in [5, 5.41) is 14.7. The summed E-state index contributed by atoms with van der Waals surface area (Å²) in [4.78, 5) is 23.8. The van der Waals surface area contributed by atoms with Crippen molar-refractivity contribution >= 4 is 40.3 Å². The molecule has 0 aliphatic carbocycles. The van der Waals surface area contributed by atoms with E-state index in [2.05, 4.69) is 123 Å². The Bertz CT molecular complexity index is 1820. The predicted octanol–water partition coefficient (Wildman–Crippen LogP) is 7.60. The molecule has 0 bridgehead atoms. The highest BCUT2D eigenvalue weighted by Crippen LogP contribution is 2.33. The Kier molecular flexibility index (Phi) is 8.88. The van der Waals surface area contributed by atoms with Crippen molar-refractivity contribution in [3.63, 3.8) is 0 Å². The number of carbonyl (C=O) groups is 1. The van der Waals surface area contributed by atoms with Crippen LogP contribution in [0.5, 0.6) is 0 Å². The average molecular weight is 649 g/mol. The molecule has 226 valence electrons. The monoisotopic (exact) mass is 648 g/mol. The van der Waals surface area contributed by atoms with Crippen molar-refractivity contribution in [1.29, 1.82) is 0 Å². The van der Waals surface area contributed by atoms with Crippen LogP contribution in [0.25, 0.3) is 16.4 Å². The largest absolute Gasteiger partial charge is 0.335 e. The van der Waals surface area contributed by atoms with Crippen LogP contribution in [0.2, 0.25) is 0 Å². The summed E-state index contributed by atoms with van der Waals surface area (Å²) in [5.74, 6) is 1.44. The Morgan fingerprint density at radius 1 is 0.844 bits per heavy atom. The molecule has 0 atom stereocenters. The highest BCUT2D eigenvalue weighted by atomic mass is 32.2. The highest BCUT2D eigenvalue weighted by molar-refractivity contribution is 7.98. The summed E-state index contributed by atoms with van der Waals surface area (Å²) < 4.78 is 2.11. The first-order valence-corrected chi connectivity index (χ1v) is 17.7. The van der Waals surface area contributed by atoms with Gasteiger partial charge in [-0.15, -0.1) is 32.9 Å². The molecule has 1 aliphatic rings. The molecule has 0 saturated carbocycles. The average Bonchev–Trinajstić information content (AvgIpc) is 3.87. The van der Waals surface area contributed by atoms with Crippen molar-refractivity contribution < 1.29 is 4.79 Å². The van der Waals surface area contributed by atoms with Gasteiger partial charge in [-0.05, 0) is 47.2 Å². The normalized spacial score (nSPS) is 13.9. The smallest absolute Gasteiger partial charge is 0.273 e. The Morgan fingerprint density at radius 2 is 1.58 bits per heavy atom. The van der Waals surface area contributed by atoms with Crippen LogP contribution in [0.3, 0.4) is 0 Å². The first-order chi connectivity index (χ1) is 22.1. The number of piperazine rings is 1. The van der Waals surface area contributed by atoms with E-state index in [1.165, 1.54) is 28.0 Å². The molecule has 6 aromatic rings. The van der Waals surface area contributed by atoms with Gasteiger partial charge in [0.1, 0.15) is 10.7 Å². The van der Waals surface area contributed by atoms with Crippen LogP contribution in [0, 0.1) is 6.92 Å². The fourth-order valence-electron chi connectivity index (χ4n) is 5.76. The van der Waals surface area contributed by atoms with Crippen molar-refractivity contribution in [2.75, 3.05) is 26.2 Å². The minimum atomic E-state index is 0.000955. The zero-order valence-corrected chi connectivity index (χ0v) is 27.3. The zero-order chi connectivity index (χ0) is 30.6. The van der Waals surface area contributed by atoms with Crippen molar-refractivity contribution in [2.24, 2.45) is 0 Å². The molecule has 45 heavy (non-hydrogen) atoms. The molecule has 1 aliphatic heterocycles. The maximum absolute atomic E-state index is 13.5. The number of amides is 1. The van der Waals surface area contributed by atoms with Gasteiger partial charge in [0.15, 0.2) is 11.0 Å². The molecule has 1 saturated heterocycles. The summed E-state index contributed by atoms with van der Waals surface area (Å²) in [7, 11) is 0. The molecule has 0 N–H and O–H groups in total. The molecule has 4 heterocycles. The third-order valence-electron chi connectivity index (χ3n) is 7.93. The third-order valence-corrected chi connectivity index (χ3v) is 10.8. The number of thiophene rings is 1. The number of aromatic nitrogens is 4. The second-order valence-electron chi connectivity index (χ2n) is 10.9. The number of carbonyl (C=O) groups excluding carboxylic acids is 1. The predicted molar refractivity (Wildman–Crippen MR) is 183 cm³/mol. The lowest BCUT2D eigenvalue weighted by atomic mass is 9.96. The maximum atomic E-state index is 13.5. The first kappa shape index (κ1) is 29.6. The van der Waals surface area contributed by atoms with E-state index in [1.807, 2.05) is 16.3 Å². The molecule has 0 unspecified atom stereocenters. The van der Waals surface area contributed by atoms with Crippen LogP contribution >= 0.6 is 34.4 Å². The quantitative estimate of drug-likeness (QED) is 0.151. The summed E-state index contributed by atoms with van der Waals surface area (Å²) in [6.45, 7) is 5.02. The van der Waals surface area contributed by atoms with Crippen molar-refractivity contribution in [2.45, 2.75) is 23.9 Å². The molecule has 0 spiro atoms. The Morgan fingerprint density at radius 3 is 2.24 bits per heavy atom. The Hall–Kier alpha value is -4.09. The first-order valence-electron chi connectivity index (χ1n) is 14.9. The number of aryl methyl sites for hydroxylation is 1. The van der Waals surface area contributed by atoms with E-state index < -0.39 is 0 Å². The van der Waals surface area contributed by atoms with E-state index in [0.717, 1.165) is 39.6 Å². The van der Waals surface area contributed by atoms with Gasteiger partial charge in [0.2, 0.25) is 0 Å². The van der Waals surface area contributed by atoms with Crippen LogP contribution in [0.15, 0.2) is 113 Å². The van der Waals surface area contributed by atoms with Crippen molar-refractivity contribution in [1.82, 2.24) is 29.5 Å². The van der Waals surface area contributed by atoms with Gasteiger partial charge in [0.25, 0.3) is 5.91 Å². The fraction of sp³-hybridized carbons (Fsp3) is 0.200. The van der Waals surface area contributed by atoms with E-state index in [-0.39, 0.29) is 11.9 Å². The van der Waals surface area contributed by atoms with Gasteiger partial charge in [-0.3, -0.25) is 14.3 Å². The maximum Gasteiger partial charge on any atom is 0.273 e. The topological polar surface area (TPSA) is 67.2 Å².